The molecule has 158 valence electrons. The molecule has 0 aliphatic heterocycles. The first-order valence-electron chi connectivity index (χ1n) is 10.4. The zero-order valence-corrected chi connectivity index (χ0v) is 17.8. The predicted molar refractivity (Wildman–Crippen MR) is 122 cm³/mol. The van der Waals surface area contributed by atoms with Gasteiger partial charge in [0.25, 0.3) is 0 Å². The van der Waals surface area contributed by atoms with Crippen LogP contribution in [0.3, 0.4) is 0 Å². The Morgan fingerprint density at radius 2 is 1.50 bits per heavy atom. The lowest BCUT2D eigenvalue weighted by molar-refractivity contribution is -0.124. The van der Waals surface area contributed by atoms with E-state index in [9.17, 15) is 9.59 Å². The number of hydrogen-bond acceptors (Lipinski definition) is 4. The van der Waals surface area contributed by atoms with Crippen molar-refractivity contribution in [3.8, 4) is 0 Å². The van der Waals surface area contributed by atoms with Gasteiger partial charge >= 0.3 is 0 Å². The van der Waals surface area contributed by atoms with E-state index in [0.29, 0.717) is 19.6 Å². The molecule has 0 aliphatic carbocycles. The van der Waals surface area contributed by atoms with E-state index in [0.717, 1.165) is 0 Å². The summed E-state index contributed by atoms with van der Waals surface area (Å²) in [5.41, 5.74) is 6.47. The van der Waals surface area contributed by atoms with Gasteiger partial charge in [0.1, 0.15) is 0 Å². The van der Waals surface area contributed by atoms with Crippen molar-refractivity contribution < 1.29 is 9.59 Å². The van der Waals surface area contributed by atoms with E-state index in [4.69, 9.17) is 0 Å². The zero-order valence-electron chi connectivity index (χ0n) is 17.8. The first kappa shape index (κ1) is 21.7. The van der Waals surface area contributed by atoms with Crippen LogP contribution in [0.15, 0.2) is 54.6 Å². The molecule has 3 rings (SSSR count). The highest BCUT2D eigenvalue weighted by Crippen LogP contribution is 2.28. The third-order valence-corrected chi connectivity index (χ3v) is 5.14. The van der Waals surface area contributed by atoms with Crippen molar-refractivity contribution in [3.05, 3.63) is 60.2 Å². The summed E-state index contributed by atoms with van der Waals surface area (Å²) in [6.45, 7) is 7.00. The van der Waals surface area contributed by atoms with Gasteiger partial charge in [0, 0.05) is 26.6 Å². The Morgan fingerprint density at radius 1 is 0.900 bits per heavy atom. The van der Waals surface area contributed by atoms with E-state index in [1.807, 2.05) is 26.0 Å². The van der Waals surface area contributed by atoms with Crippen LogP contribution in [0, 0.1) is 5.92 Å². The van der Waals surface area contributed by atoms with Crippen molar-refractivity contribution >= 4 is 33.4 Å². The molecular formula is C24H30N4O2. The summed E-state index contributed by atoms with van der Waals surface area (Å²) < 4.78 is 0. The molecule has 0 aliphatic rings. The lowest BCUT2D eigenvalue weighted by atomic mass is 9.96. The maximum atomic E-state index is 12.7. The van der Waals surface area contributed by atoms with Crippen LogP contribution in [0.1, 0.15) is 26.3 Å². The van der Waals surface area contributed by atoms with Gasteiger partial charge in [0.2, 0.25) is 11.8 Å². The fourth-order valence-corrected chi connectivity index (χ4v) is 3.69. The van der Waals surface area contributed by atoms with Gasteiger partial charge in [-0.15, -0.1) is 0 Å². The molecule has 0 bridgehead atoms. The lowest BCUT2D eigenvalue weighted by Crippen LogP contribution is -2.49. The lowest BCUT2D eigenvalue weighted by Gasteiger charge is -2.23. The molecule has 0 radical (unpaired) electrons. The second kappa shape index (κ2) is 10.2. The van der Waals surface area contributed by atoms with Crippen molar-refractivity contribution in [1.29, 1.82) is 0 Å². The van der Waals surface area contributed by atoms with Crippen molar-refractivity contribution in [2.45, 2.75) is 33.4 Å². The fourth-order valence-electron chi connectivity index (χ4n) is 3.69. The molecule has 1 unspecified atom stereocenters. The fraction of sp³-hybridized carbons (Fsp3) is 0.333. The summed E-state index contributed by atoms with van der Waals surface area (Å²) in [6, 6.07) is 18.6. The summed E-state index contributed by atoms with van der Waals surface area (Å²) in [5, 5.41) is 11.2. The van der Waals surface area contributed by atoms with Gasteiger partial charge in [-0.1, -0.05) is 62.4 Å². The Kier molecular flexibility index (Phi) is 7.38. The van der Waals surface area contributed by atoms with E-state index >= 15 is 0 Å². The largest absolute Gasteiger partial charge is 0.353 e. The zero-order chi connectivity index (χ0) is 21.5. The third kappa shape index (κ3) is 5.34. The first-order chi connectivity index (χ1) is 14.5. The molecule has 0 saturated heterocycles. The smallest absolute Gasteiger partial charge is 0.237 e. The molecular weight excluding hydrogens is 376 g/mol. The number of nitrogens with one attached hydrogen (secondary N) is 4. The Balaban J connectivity index is 1.73. The van der Waals surface area contributed by atoms with Crippen LogP contribution < -0.4 is 21.5 Å². The van der Waals surface area contributed by atoms with Crippen LogP contribution in [0.2, 0.25) is 0 Å². The quantitative estimate of drug-likeness (QED) is 0.250. The maximum Gasteiger partial charge on any atom is 0.237 e. The van der Waals surface area contributed by atoms with E-state index in [-0.39, 0.29) is 23.8 Å². The van der Waals surface area contributed by atoms with Crippen LogP contribution in [-0.4, -0.2) is 30.9 Å². The van der Waals surface area contributed by atoms with Gasteiger partial charge in [0.15, 0.2) is 0 Å². The van der Waals surface area contributed by atoms with Crippen molar-refractivity contribution in [3.63, 3.8) is 0 Å². The molecule has 0 heterocycles. The first-order valence-corrected chi connectivity index (χ1v) is 10.4. The second-order valence-corrected chi connectivity index (χ2v) is 7.80. The van der Waals surface area contributed by atoms with E-state index in [2.05, 4.69) is 63.9 Å². The van der Waals surface area contributed by atoms with Gasteiger partial charge in [-0.2, -0.15) is 0 Å². The Labute approximate surface area is 177 Å². The second-order valence-electron chi connectivity index (χ2n) is 7.80. The molecule has 2 amide bonds. The summed E-state index contributed by atoms with van der Waals surface area (Å²) in [4.78, 5) is 23.6. The molecule has 4 N–H and O–H groups in total. The number of rotatable bonds is 9. The number of amides is 2. The van der Waals surface area contributed by atoms with Gasteiger partial charge in [-0.25, -0.2) is 5.43 Å². The highest BCUT2D eigenvalue weighted by Gasteiger charge is 2.22. The number of carbonyl (C=O) groups is 2. The number of fused-ring (bicyclic) bond motifs is 2. The minimum Gasteiger partial charge on any atom is -0.353 e. The summed E-state index contributed by atoms with van der Waals surface area (Å²) in [6.07, 6.45) is 0. The normalized spacial score (nSPS) is 12.3. The van der Waals surface area contributed by atoms with Crippen LogP contribution in [-0.2, 0) is 16.1 Å². The van der Waals surface area contributed by atoms with E-state index in [1.165, 1.54) is 34.0 Å². The van der Waals surface area contributed by atoms with E-state index in [1.54, 1.807) is 0 Å². The average Bonchev–Trinajstić information content (AvgIpc) is 2.72. The minimum absolute atomic E-state index is 0.0424. The van der Waals surface area contributed by atoms with Gasteiger partial charge in [-0.3, -0.25) is 15.0 Å². The number of carbonyl (C=O) groups excluding carboxylic acids is 2. The molecule has 3 aromatic carbocycles. The Bertz CT molecular complexity index is 978. The van der Waals surface area contributed by atoms with Gasteiger partial charge in [0.05, 0.1) is 6.04 Å². The molecule has 1 atom stereocenters. The topological polar surface area (TPSA) is 82.3 Å². The average molecular weight is 407 g/mol. The highest BCUT2D eigenvalue weighted by molar-refractivity contribution is 6.02. The predicted octanol–water partition coefficient (Wildman–Crippen LogP) is 2.86. The van der Waals surface area contributed by atoms with Crippen LogP contribution in [0.4, 0.5) is 0 Å². The number of hydrazine groups is 1. The molecule has 0 spiro atoms. The minimum atomic E-state index is -0.316. The molecule has 6 heteroatoms. The number of benzene rings is 3. The van der Waals surface area contributed by atoms with Crippen molar-refractivity contribution in [1.82, 2.24) is 21.5 Å². The van der Waals surface area contributed by atoms with Gasteiger partial charge in [-0.05, 0) is 39.1 Å². The standard InChI is InChI=1S/C24H30N4O2/c1-16(2)23(24(30)25-12-13-27-28-17(3)29)26-15-22-20-10-6-4-8-18(20)14-19-9-5-7-11-21(19)22/h4-11,14,16,23,26-27H,12-13,15H2,1-3H3,(H,25,30)(H,28,29). The van der Waals surface area contributed by atoms with E-state index < -0.39 is 0 Å². The van der Waals surface area contributed by atoms with Crippen molar-refractivity contribution in [2.24, 2.45) is 5.92 Å². The molecule has 0 aromatic heterocycles. The molecule has 0 fully saturated rings. The summed E-state index contributed by atoms with van der Waals surface area (Å²) in [5.74, 6) is -0.0703. The molecule has 6 nitrogen and oxygen atoms in total. The molecule has 30 heavy (non-hydrogen) atoms. The van der Waals surface area contributed by atoms with Crippen molar-refractivity contribution in [2.75, 3.05) is 13.1 Å². The SMILES string of the molecule is CC(=O)NNCCNC(=O)C(NCc1c2ccccc2cc2ccccc12)C(C)C. The van der Waals surface area contributed by atoms with Gasteiger partial charge < -0.3 is 10.6 Å². The van der Waals surface area contributed by atoms with Crippen LogP contribution >= 0.6 is 0 Å². The summed E-state index contributed by atoms with van der Waals surface area (Å²) >= 11 is 0. The van der Waals surface area contributed by atoms with Crippen LogP contribution in [0.25, 0.3) is 21.5 Å². The molecule has 0 saturated carbocycles. The monoisotopic (exact) mass is 406 g/mol. The molecule has 3 aromatic rings. The third-order valence-electron chi connectivity index (χ3n) is 5.14. The summed E-state index contributed by atoms with van der Waals surface area (Å²) in [7, 11) is 0. The van der Waals surface area contributed by atoms with Crippen LogP contribution in [0.5, 0.6) is 0 Å². The Hall–Kier alpha value is -2.96. The maximum absolute atomic E-state index is 12.7. The number of hydrogen-bond donors (Lipinski definition) is 4. The highest BCUT2D eigenvalue weighted by atomic mass is 16.2. The Morgan fingerprint density at radius 3 is 2.07 bits per heavy atom.